The number of thioether (sulfide) groups is 1. The zero-order valence-corrected chi connectivity index (χ0v) is 16.6. The molecule has 0 bridgehead atoms. The summed E-state index contributed by atoms with van der Waals surface area (Å²) in [6.07, 6.45) is 6.01. The molecule has 0 N–H and O–H groups in total. The van der Waals surface area contributed by atoms with Crippen molar-refractivity contribution in [2.24, 2.45) is 0 Å². The van der Waals surface area contributed by atoms with Gasteiger partial charge in [0, 0.05) is 22.9 Å². The van der Waals surface area contributed by atoms with Crippen LogP contribution < -0.4 is 0 Å². The van der Waals surface area contributed by atoms with Crippen LogP contribution in [0, 0.1) is 0 Å². The van der Waals surface area contributed by atoms with Crippen LogP contribution in [0.1, 0.15) is 35.3 Å². The third-order valence-corrected chi connectivity index (χ3v) is 7.00. The Morgan fingerprint density at radius 1 is 1.23 bits per heavy atom. The zero-order valence-electron chi connectivity index (χ0n) is 15.0. The van der Waals surface area contributed by atoms with Gasteiger partial charge in [-0.15, -0.1) is 23.1 Å². The van der Waals surface area contributed by atoms with Crippen molar-refractivity contribution >= 4 is 29.0 Å². The average molecular weight is 388 g/mol. The number of amides is 1. The van der Waals surface area contributed by atoms with E-state index in [1.165, 1.54) is 40.2 Å². The molecule has 0 spiro atoms. The first kappa shape index (κ1) is 18.1. The maximum absolute atomic E-state index is 12.9. The van der Waals surface area contributed by atoms with Crippen LogP contribution in [0.15, 0.2) is 40.6 Å². The van der Waals surface area contributed by atoms with Crippen LogP contribution >= 0.6 is 23.1 Å². The molecule has 1 aromatic carbocycles. The Morgan fingerprint density at radius 3 is 2.96 bits per heavy atom. The molecular formula is C21H25NO2S2. The number of ether oxygens (including phenoxy) is 1. The predicted octanol–water partition coefficient (Wildman–Crippen LogP) is 4.54. The number of fused-ring (bicyclic) bond motifs is 1. The monoisotopic (exact) mass is 387 g/mol. The van der Waals surface area contributed by atoms with Crippen LogP contribution in [0.5, 0.6) is 0 Å². The van der Waals surface area contributed by atoms with E-state index in [0.29, 0.717) is 18.8 Å². The van der Waals surface area contributed by atoms with E-state index in [2.05, 4.69) is 29.6 Å². The maximum atomic E-state index is 12.9. The SMILES string of the molecule is O=C(CSc1ccc2c(c1)CCC2)N(Cc1cccs1)CC1CCCO1. The molecule has 1 saturated heterocycles. The summed E-state index contributed by atoms with van der Waals surface area (Å²) >= 11 is 3.38. The summed E-state index contributed by atoms with van der Waals surface area (Å²) in [6.45, 7) is 2.23. The number of rotatable bonds is 7. The summed E-state index contributed by atoms with van der Waals surface area (Å²) in [5.74, 6) is 0.705. The van der Waals surface area contributed by atoms with Gasteiger partial charge in [0.2, 0.25) is 5.91 Å². The number of carbonyl (C=O) groups excluding carboxylic acids is 1. The van der Waals surface area contributed by atoms with E-state index in [1.807, 2.05) is 11.0 Å². The molecule has 3 nitrogen and oxygen atoms in total. The molecule has 0 saturated carbocycles. The molecule has 1 amide bonds. The van der Waals surface area contributed by atoms with Crippen molar-refractivity contribution in [3.63, 3.8) is 0 Å². The third kappa shape index (κ3) is 4.51. The molecule has 0 radical (unpaired) electrons. The third-order valence-electron chi connectivity index (χ3n) is 5.16. The largest absolute Gasteiger partial charge is 0.376 e. The van der Waals surface area contributed by atoms with Crippen molar-refractivity contribution in [1.29, 1.82) is 0 Å². The van der Waals surface area contributed by atoms with E-state index in [-0.39, 0.29) is 12.0 Å². The second-order valence-electron chi connectivity index (χ2n) is 7.06. The van der Waals surface area contributed by atoms with Crippen molar-refractivity contribution in [3.8, 4) is 0 Å². The smallest absolute Gasteiger partial charge is 0.233 e. The summed E-state index contributed by atoms with van der Waals surface area (Å²) in [6, 6.07) is 10.9. The van der Waals surface area contributed by atoms with E-state index in [1.54, 1.807) is 23.1 Å². The molecule has 1 atom stereocenters. The van der Waals surface area contributed by atoms with Gasteiger partial charge in [-0.05, 0) is 66.8 Å². The van der Waals surface area contributed by atoms with E-state index in [0.717, 1.165) is 19.4 Å². The lowest BCUT2D eigenvalue weighted by molar-refractivity contribution is -0.130. The quantitative estimate of drug-likeness (QED) is 0.654. The summed E-state index contributed by atoms with van der Waals surface area (Å²) < 4.78 is 5.77. The molecule has 2 heterocycles. The van der Waals surface area contributed by atoms with Crippen LogP contribution in [0.25, 0.3) is 0 Å². The Bertz CT molecular complexity index is 738. The van der Waals surface area contributed by atoms with Gasteiger partial charge in [0.05, 0.1) is 18.4 Å². The van der Waals surface area contributed by atoms with E-state index in [9.17, 15) is 4.79 Å². The van der Waals surface area contributed by atoms with Gasteiger partial charge in [-0.1, -0.05) is 12.1 Å². The predicted molar refractivity (Wildman–Crippen MR) is 108 cm³/mol. The van der Waals surface area contributed by atoms with Gasteiger partial charge in [0.1, 0.15) is 0 Å². The molecule has 4 rings (SSSR count). The summed E-state index contributed by atoms with van der Waals surface area (Å²) in [5, 5.41) is 2.07. The molecular weight excluding hydrogens is 362 g/mol. The van der Waals surface area contributed by atoms with Gasteiger partial charge in [0.15, 0.2) is 0 Å². The number of thiophene rings is 1. The lowest BCUT2D eigenvalue weighted by Crippen LogP contribution is -2.37. The molecule has 138 valence electrons. The van der Waals surface area contributed by atoms with E-state index in [4.69, 9.17) is 4.74 Å². The second kappa shape index (κ2) is 8.59. The highest BCUT2D eigenvalue weighted by atomic mass is 32.2. The molecule has 26 heavy (non-hydrogen) atoms. The number of benzene rings is 1. The highest BCUT2D eigenvalue weighted by Crippen LogP contribution is 2.28. The minimum atomic E-state index is 0.198. The summed E-state index contributed by atoms with van der Waals surface area (Å²) in [5.41, 5.74) is 2.95. The minimum Gasteiger partial charge on any atom is -0.376 e. The zero-order chi connectivity index (χ0) is 17.8. The Hall–Kier alpha value is -1.30. The van der Waals surface area contributed by atoms with Crippen LogP contribution in [0.3, 0.4) is 0 Å². The van der Waals surface area contributed by atoms with Crippen LogP contribution in [0.4, 0.5) is 0 Å². The van der Waals surface area contributed by atoms with Crippen molar-refractivity contribution in [3.05, 3.63) is 51.7 Å². The number of carbonyl (C=O) groups is 1. The average Bonchev–Trinajstić information content (AvgIpc) is 3.40. The number of nitrogens with zero attached hydrogens (tertiary/aromatic N) is 1. The minimum absolute atomic E-state index is 0.198. The summed E-state index contributed by atoms with van der Waals surface area (Å²) in [4.78, 5) is 17.4. The van der Waals surface area contributed by atoms with Gasteiger partial charge in [-0.25, -0.2) is 0 Å². The Labute approximate surface area is 163 Å². The Balaban J connectivity index is 1.38. The van der Waals surface area contributed by atoms with Crippen molar-refractivity contribution in [1.82, 2.24) is 4.90 Å². The first-order valence-electron chi connectivity index (χ1n) is 9.44. The fourth-order valence-corrected chi connectivity index (χ4v) is 5.34. The van der Waals surface area contributed by atoms with Crippen LogP contribution in [-0.4, -0.2) is 35.8 Å². The fraction of sp³-hybridized carbons (Fsp3) is 0.476. The normalized spacial score (nSPS) is 18.8. The number of aryl methyl sites for hydroxylation is 2. The molecule has 2 aliphatic rings. The highest BCUT2D eigenvalue weighted by Gasteiger charge is 2.23. The van der Waals surface area contributed by atoms with Gasteiger partial charge in [-0.3, -0.25) is 4.79 Å². The molecule has 1 unspecified atom stereocenters. The van der Waals surface area contributed by atoms with Crippen molar-refractivity contribution < 1.29 is 9.53 Å². The van der Waals surface area contributed by atoms with E-state index < -0.39 is 0 Å². The Kier molecular flexibility index (Phi) is 5.98. The Morgan fingerprint density at radius 2 is 2.15 bits per heavy atom. The first-order chi connectivity index (χ1) is 12.8. The maximum Gasteiger partial charge on any atom is 0.233 e. The number of hydrogen-bond donors (Lipinski definition) is 0. The first-order valence-corrected chi connectivity index (χ1v) is 11.3. The van der Waals surface area contributed by atoms with Gasteiger partial charge in [0.25, 0.3) is 0 Å². The van der Waals surface area contributed by atoms with Gasteiger partial charge >= 0.3 is 0 Å². The molecule has 1 aromatic heterocycles. The van der Waals surface area contributed by atoms with Gasteiger partial charge < -0.3 is 9.64 Å². The molecule has 1 aliphatic carbocycles. The molecule has 1 fully saturated rings. The lowest BCUT2D eigenvalue weighted by Gasteiger charge is -2.25. The van der Waals surface area contributed by atoms with Crippen LogP contribution in [0.2, 0.25) is 0 Å². The molecule has 1 aliphatic heterocycles. The lowest BCUT2D eigenvalue weighted by atomic mass is 10.1. The summed E-state index contributed by atoms with van der Waals surface area (Å²) in [7, 11) is 0. The van der Waals surface area contributed by atoms with Crippen LogP contribution in [-0.2, 0) is 28.9 Å². The van der Waals surface area contributed by atoms with Crippen molar-refractivity contribution in [2.75, 3.05) is 18.9 Å². The van der Waals surface area contributed by atoms with E-state index >= 15 is 0 Å². The molecule has 5 heteroatoms. The second-order valence-corrected chi connectivity index (χ2v) is 9.14. The standard InChI is InChI=1S/C21H25NO2S2/c23-21(15-26-19-9-8-16-4-1-5-17(16)12-19)22(13-18-6-2-10-24-18)14-20-7-3-11-25-20/h3,7-9,11-12,18H,1-2,4-6,10,13-15H2. The molecule has 2 aromatic rings. The van der Waals surface area contributed by atoms with Gasteiger partial charge in [-0.2, -0.15) is 0 Å². The number of hydrogen-bond acceptors (Lipinski definition) is 4. The fourth-order valence-electron chi connectivity index (χ4n) is 3.75. The topological polar surface area (TPSA) is 29.5 Å². The van der Waals surface area contributed by atoms with Crippen molar-refractivity contribution in [2.45, 2.75) is 49.6 Å². The highest BCUT2D eigenvalue weighted by molar-refractivity contribution is 8.00.